The lowest BCUT2D eigenvalue weighted by Crippen LogP contribution is -2.33. The van der Waals surface area contributed by atoms with Crippen molar-refractivity contribution >= 4 is 11.3 Å². The number of imidazole rings is 1. The van der Waals surface area contributed by atoms with Crippen molar-refractivity contribution in [3.05, 3.63) is 64.6 Å². The zero-order valence-corrected chi connectivity index (χ0v) is 15.9. The number of hydrogen-bond donors (Lipinski definition) is 0. The van der Waals surface area contributed by atoms with Crippen molar-refractivity contribution < 1.29 is 4.74 Å². The summed E-state index contributed by atoms with van der Waals surface area (Å²) in [5, 5.41) is 3.27. The molecule has 1 saturated heterocycles. The second kappa shape index (κ2) is 8.01. The summed E-state index contributed by atoms with van der Waals surface area (Å²) in [7, 11) is 1.70. The van der Waals surface area contributed by atoms with Gasteiger partial charge in [-0.15, -0.1) is 11.3 Å². The maximum absolute atomic E-state index is 5.24. The van der Waals surface area contributed by atoms with Crippen molar-refractivity contribution in [1.82, 2.24) is 19.4 Å². The average molecular weight is 369 g/mol. The van der Waals surface area contributed by atoms with Crippen LogP contribution in [-0.2, 0) is 13.1 Å². The lowest BCUT2D eigenvalue weighted by Gasteiger charge is -2.31. The molecule has 0 aliphatic carbocycles. The maximum atomic E-state index is 5.24. The number of piperidine rings is 1. The number of ether oxygens (including phenoxy) is 1. The minimum Gasteiger partial charge on any atom is -0.497 e. The van der Waals surface area contributed by atoms with E-state index < -0.39 is 0 Å². The Morgan fingerprint density at radius 2 is 1.88 bits per heavy atom. The Morgan fingerprint density at radius 1 is 1.08 bits per heavy atom. The summed E-state index contributed by atoms with van der Waals surface area (Å²) < 4.78 is 7.54. The lowest BCUT2D eigenvalue weighted by molar-refractivity contribution is 0.200. The molecule has 0 amide bonds. The molecule has 2 aromatic heterocycles. The van der Waals surface area contributed by atoms with Crippen molar-refractivity contribution in [2.24, 2.45) is 0 Å². The molecule has 1 aliphatic heterocycles. The molecule has 0 atom stereocenters. The predicted octanol–water partition coefficient (Wildman–Crippen LogP) is 3.78. The van der Waals surface area contributed by atoms with Crippen molar-refractivity contribution in [3.63, 3.8) is 0 Å². The minimum absolute atomic E-state index is 0.538. The zero-order chi connectivity index (χ0) is 17.8. The molecule has 1 aromatic carbocycles. The van der Waals surface area contributed by atoms with Crippen molar-refractivity contribution in [1.29, 1.82) is 0 Å². The third-order valence-corrected chi connectivity index (χ3v) is 5.82. The second-order valence-electron chi connectivity index (χ2n) is 6.74. The highest BCUT2D eigenvalue weighted by atomic mass is 32.1. The Bertz CT molecular complexity index is 805. The van der Waals surface area contributed by atoms with Crippen LogP contribution in [0.2, 0.25) is 0 Å². The molecule has 0 saturated carbocycles. The highest BCUT2D eigenvalue weighted by Crippen LogP contribution is 2.28. The van der Waals surface area contributed by atoms with Gasteiger partial charge in [-0.3, -0.25) is 4.90 Å². The zero-order valence-electron chi connectivity index (χ0n) is 15.0. The number of benzene rings is 1. The first-order valence-electron chi connectivity index (χ1n) is 9.06. The smallest absolute Gasteiger partial charge is 0.118 e. The molecular formula is C20H24N4OS. The van der Waals surface area contributed by atoms with Crippen LogP contribution in [0, 0.1) is 0 Å². The number of rotatable bonds is 6. The molecule has 0 N–H and O–H groups in total. The van der Waals surface area contributed by atoms with E-state index in [2.05, 4.69) is 43.1 Å². The maximum Gasteiger partial charge on any atom is 0.118 e. The monoisotopic (exact) mass is 368 g/mol. The normalized spacial score (nSPS) is 16.0. The first kappa shape index (κ1) is 17.2. The van der Waals surface area contributed by atoms with E-state index >= 15 is 0 Å². The Morgan fingerprint density at radius 3 is 2.58 bits per heavy atom. The standard InChI is InChI=1S/C20H24N4OS/c1-25-18-4-2-16(3-5-18)14-24-12-8-22-20(24)17-6-10-23(11-7-17)15-19-21-9-13-26-19/h2-5,8-9,12-13,17H,6-7,10-11,14-15H2,1H3. The summed E-state index contributed by atoms with van der Waals surface area (Å²) in [6.07, 6.45) is 8.24. The van der Waals surface area contributed by atoms with Crippen LogP contribution in [0.4, 0.5) is 0 Å². The number of nitrogens with zero attached hydrogens (tertiary/aromatic N) is 4. The van der Waals surface area contributed by atoms with E-state index in [9.17, 15) is 0 Å². The minimum atomic E-state index is 0.538. The average Bonchev–Trinajstić information content (AvgIpc) is 3.35. The number of thiazole rings is 1. The molecule has 0 radical (unpaired) electrons. The van der Waals surface area contributed by atoms with E-state index in [-0.39, 0.29) is 0 Å². The summed E-state index contributed by atoms with van der Waals surface area (Å²) >= 11 is 1.74. The Labute approximate surface area is 158 Å². The lowest BCUT2D eigenvalue weighted by atomic mass is 9.96. The van der Waals surface area contributed by atoms with E-state index in [0.29, 0.717) is 5.92 Å². The van der Waals surface area contributed by atoms with Crippen LogP contribution < -0.4 is 4.74 Å². The molecule has 5 nitrogen and oxygen atoms in total. The van der Waals surface area contributed by atoms with Gasteiger partial charge >= 0.3 is 0 Å². The summed E-state index contributed by atoms with van der Waals surface area (Å²) in [4.78, 5) is 11.6. The highest BCUT2D eigenvalue weighted by molar-refractivity contribution is 7.09. The Balaban J connectivity index is 1.37. The topological polar surface area (TPSA) is 43.2 Å². The van der Waals surface area contributed by atoms with Gasteiger partial charge < -0.3 is 9.30 Å². The van der Waals surface area contributed by atoms with Gasteiger partial charge in [-0.1, -0.05) is 12.1 Å². The van der Waals surface area contributed by atoms with Crippen LogP contribution in [0.25, 0.3) is 0 Å². The third-order valence-electron chi connectivity index (χ3n) is 5.05. The van der Waals surface area contributed by atoms with E-state index in [1.165, 1.54) is 16.4 Å². The van der Waals surface area contributed by atoms with E-state index in [1.807, 2.05) is 24.5 Å². The van der Waals surface area contributed by atoms with Crippen LogP contribution in [0.15, 0.2) is 48.2 Å². The Hall–Kier alpha value is -2.18. The molecule has 4 rings (SSSR count). The van der Waals surface area contributed by atoms with Crippen molar-refractivity contribution in [2.75, 3.05) is 20.2 Å². The molecule has 0 spiro atoms. The fourth-order valence-electron chi connectivity index (χ4n) is 3.61. The molecule has 0 bridgehead atoms. The van der Waals surface area contributed by atoms with Gasteiger partial charge in [-0.25, -0.2) is 9.97 Å². The summed E-state index contributed by atoms with van der Waals surface area (Å²) in [6, 6.07) is 8.28. The van der Waals surface area contributed by atoms with Gasteiger partial charge in [0.05, 0.1) is 13.7 Å². The quantitative estimate of drug-likeness (QED) is 0.664. The van der Waals surface area contributed by atoms with Crippen LogP contribution >= 0.6 is 11.3 Å². The first-order valence-corrected chi connectivity index (χ1v) is 9.94. The molecule has 26 heavy (non-hydrogen) atoms. The van der Waals surface area contributed by atoms with Gasteiger partial charge in [-0.05, 0) is 43.6 Å². The van der Waals surface area contributed by atoms with Gasteiger partial charge in [-0.2, -0.15) is 0 Å². The predicted molar refractivity (Wildman–Crippen MR) is 104 cm³/mol. The van der Waals surface area contributed by atoms with Gasteiger partial charge in [0.1, 0.15) is 16.6 Å². The van der Waals surface area contributed by atoms with Crippen molar-refractivity contribution in [2.45, 2.75) is 31.8 Å². The number of aromatic nitrogens is 3. The Kier molecular flexibility index (Phi) is 5.32. The molecule has 1 fully saturated rings. The van der Waals surface area contributed by atoms with E-state index in [0.717, 1.165) is 44.8 Å². The summed E-state index contributed by atoms with van der Waals surface area (Å²) in [5.41, 5.74) is 1.27. The number of likely N-dealkylation sites (tertiary alicyclic amines) is 1. The first-order chi connectivity index (χ1) is 12.8. The van der Waals surface area contributed by atoms with E-state index in [1.54, 1.807) is 18.4 Å². The summed E-state index contributed by atoms with van der Waals surface area (Å²) in [6.45, 7) is 4.06. The number of methoxy groups -OCH3 is 1. The molecule has 0 unspecified atom stereocenters. The summed E-state index contributed by atoms with van der Waals surface area (Å²) in [5.74, 6) is 2.65. The fourth-order valence-corrected chi connectivity index (χ4v) is 4.27. The molecule has 136 valence electrons. The van der Waals surface area contributed by atoms with Crippen LogP contribution in [-0.4, -0.2) is 39.6 Å². The van der Waals surface area contributed by atoms with Gasteiger partial charge in [0, 0.05) is 36.4 Å². The largest absolute Gasteiger partial charge is 0.497 e. The van der Waals surface area contributed by atoms with Crippen LogP contribution in [0.1, 0.15) is 35.2 Å². The van der Waals surface area contributed by atoms with E-state index in [4.69, 9.17) is 4.74 Å². The second-order valence-corrected chi connectivity index (χ2v) is 7.72. The van der Waals surface area contributed by atoms with Crippen molar-refractivity contribution in [3.8, 4) is 5.75 Å². The molecular weight excluding hydrogens is 344 g/mol. The fraction of sp³-hybridized carbons (Fsp3) is 0.400. The molecule has 6 heteroatoms. The molecule has 3 aromatic rings. The van der Waals surface area contributed by atoms with Crippen LogP contribution in [0.5, 0.6) is 5.75 Å². The molecule has 1 aliphatic rings. The molecule has 3 heterocycles. The number of hydrogen-bond acceptors (Lipinski definition) is 5. The SMILES string of the molecule is COc1ccc(Cn2ccnc2C2CCN(Cc3nccs3)CC2)cc1. The highest BCUT2D eigenvalue weighted by Gasteiger charge is 2.24. The van der Waals surface area contributed by atoms with Gasteiger partial charge in [0.25, 0.3) is 0 Å². The third kappa shape index (κ3) is 3.97. The van der Waals surface area contributed by atoms with Gasteiger partial charge in [0.15, 0.2) is 0 Å². The van der Waals surface area contributed by atoms with Crippen LogP contribution in [0.3, 0.4) is 0 Å². The van der Waals surface area contributed by atoms with Gasteiger partial charge in [0.2, 0.25) is 0 Å².